The first-order valence-electron chi connectivity index (χ1n) is 6.22. The summed E-state index contributed by atoms with van der Waals surface area (Å²) in [5.41, 5.74) is 4.74. The second-order valence-electron chi connectivity index (χ2n) is 4.74. The fraction of sp³-hybridized carbons (Fsp3) is 0.250. The second-order valence-corrected chi connectivity index (χ2v) is 6.00. The van der Waals surface area contributed by atoms with Crippen LogP contribution in [0.2, 0.25) is 5.02 Å². The molecule has 0 saturated heterocycles. The van der Waals surface area contributed by atoms with Crippen molar-refractivity contribution < 1.29 is 0 Å². The Kier molecular flexibility index (Phi) is 4.67. The molecule has 0 bridgehead atoms. The first-order valence-corrected chi connectivity index (χ1v) is 7.39. The number of rotatable bonds is 3. The van der Waals surface area contributed by atoms with E-state index in [9.17, 15) is 0 Å². The molecular formula is C16H17BrClN. The van der Waals surface area contributed by atoms with E-state index in [4.69, 9.17) is 11.6 Å². The van der Waals surface area contributed by atoms with E-state index in [0.29, 0.717) is 0 Å². The smallest absolute Gasteiger partial charge is 0.0575 e. The van der Waals surface area contributed by atoms with Crippen LogP contribution in [0.3, 0.4) is 0 Å². The Bertz CT molecular complexity index is 544. The van der Waals surface area contributed by atoms with E-state index in [0.717, 1.165) is 15.1 Å². The Morgan fingerprint density at radius 3 is 2.11 bits per heavy atom. The van der Waals surface area contributed by atoms with Gasteiger partial charge in [0.15, 0.2) is 0 Å². The van der Waals surface area contributed by atoms with Gasteiger partial charge < -0.3 is 5.32 Å². The van der Waals surface area contributed by atoms with E-state index in [1.54, 1.807) is 0 Å². The summed E-state index contributed by atoms with van der Waals surface area (Å²) < 4.78 is 1.13. The molecule has 100 valence electrons. The van der Waals surface area contributed by atoms with Crippen LogP contribution in [-0.4, -0.2) is 7.05 Å². The zero-order valence-electron chi connectivity index (χ0n) is 11.3. The van der Waals surface area contributed by atoms with Crippen molar-refractivity contribution in [1.29, 1.82) is 0 Å². The first-order chi connectivity index (χ1) is 9.02. The van der Waals surface area contributed by atoms with Crippen molar-refractivity contribution in [1.82, 2.24) is 5.32 Å². The van der Waals surface area contributed by atoms with Crippen LogP contribution in [0.4, 0.5) is 0 Å². The van der Waals surface area contributed by atoms with E-state index in [1.165, 1.54) is 16.7 Å². The van der Waals surface area contributed by atoms with Crippen molar-refractivity contribution in [3.05, 3.63) is 68.1 Å². The van der Waals surface area contributed by atoms with Crippen LogP contribution in [0, 0.1) is 13.8 Å². The van der Waals surface area contributed by atoms with E-state index >= 15 is 0 Å². The Morgan fingerprint density at radius 2 is 1.58 bits per heavy atom. The molecule has 2 aromatic carbocycles. The third-order valence-electron chi connectivity index (χ3n) is 3.35. The fourth-order valence-corrected chi connectivity index (χ4v) is 2.69. The minimum Gasteiger partial charge on any atom is -0.309 e. The van der Waals surface area contributed by atoms with Crippen molar-refractivity contribution in [3.8, 4) is 0 Å². The molecule has 0 amide bonds. The number of aryl methyl sites for hydroxylation is 2. The monoisotopic (exact) mass is 337 g/mol. The molecule has 1 nitrogen and oxygen atoms in total. The molecule has 0 aliphatic rings. The molecule has 1 atom stereocenters. The van der Waals surface area contributed by atoms with Gasteiger partial charge in [0.2, 0.25) is 0 Å². The second kappa shape index (κ2) is 6.08. The van der Waals surface area contributed by atoms with E-state index in [2.05, 4.69) is 58.5 Å². The van der Waals surface area contributed by atoms with Gasteiger partial charge in [0.1, 0.15) is 0 Å². The molecule has 2 rings (SSSR count). The highest BCUT2D eigenvalue weighted by Gasteiger charge is 2.13. The lowest BCUT2D eigenvalue weighted by molar-refractivity contribution is 0.691. The lowest BCUT2D eigenvalue weighted by atomic mass is 9.97. The van der Waals surface area contributed by atoms with Gasteiger partial charge in [-0.3, -0.25) is 0 Å². The van der Waals surface area contributed by atoms with E-state index < -0.39 is 0 Å². The molecular weight excluding hydrogens is 322 g/mol. The quantitative estimate of drug-likeness (QED) is 0.828. The molecule has 3 heteroatoms. The van der Waals surface area contributed by atoms with Gasteiger partial charge in [-0.15, -0.1) is 0 Å². The van der Waals surface area contributed by atoms with E-state index in [1.807, 2.05) is 20.0 Å². The summed E-state index contributed by atoms with van der Waals surface area (Å²) in [5, 5.41) is 4.16. The molecule has 0 aliphatic carbocycles. The highest BCUT2D eigenvalue weighted by molar-refractivity contribution is 9.10. The average molecular weight is 339 g/mol. The number of hydrogen-bond acceptors (Lipinski definition) is 1. The molecule has 1 N–H and O–H groups in total. The number of nitrogens with one attached hydrogen (secondary N) is 1. The van der Waals surface area contributed by atoms with Crippen LogP contribution in [-0.2, 0) is 0 Å². The van der Waals surface area contributed by atoms with E-state index in [-0.39, 0.29) is 6.04 Å². The molecule has 0 saturated carbocycles. The SMILES string of the molecule is CNC(c1ccc(C)c(Cl)c1)c1ccc(C)c(Br)c1. The van der Waals surface area contributed by atoms with Crippen LogP contribution in [0.1, 0.15) is 28.3 Å². The normalized spacial score (nSPS) is 12.5. The van der Waals surface area contributed by atoms with Gasteiger partial charge in [-0.05, 0) is 55.3 Å². The van der Waals surface area contributed by atoms with Crippen molar-refractivity contribution in [2.45, 2.75) is 19.9 Å². The standard InChI is InChI=1S/C16H17BrClN/c1-10-4-6-12(8-14(10)17)16(19-3)13-7-5-11(2)15(18)9-13/h4-9,16,19H,1-3H3. The maximum Gasteiger partial charge on any atom is 0.0575 e. The van der Waals surface area contributed by atoms with Crippen molar-refractivity contribution in [3.63, 3.8) is 0 Å². The lowest BCUT2D eigenvalue weighted by Crippen LogP contribution is -2.17. The summed E-state index contributed by atoms with van der Waals surface area (Å²) in [6.07, 6.45) is 0. The van der Waals surface area contributed by atoms with Crippen molar-refractivity contribution in [2.24, 2.45) is 0 Å². The van der Waals surface area contributed by atoms with Crippen LogP contribution < -0.4 is 5.32 Å². The molecule has 1 unspecified atom stereocenters. The Hall–Kier alpha value is -0.830. The minimum atomic E-state index is 0.148. The van der Waals surface area contributed by atoms with Crippen LogP contribution in [0.25, 0.3) is 0 Å². The zero-order chi connectivity index (χ0) is 14.0. The number of halogens is 2. The first kappa shape index (κ1) is 14.6. The van der Waals surface area contributed by atoms with Crippen LogP contribution >= 0.6 is 27.5 Å². The maximum absolute atomic E-state index is 6.22. The van der Waals surface area contributed by atoms with Gasteiger partial charge in [-0.2, -0.15) is 0 Å². The topological polar surface area (TPSA) is 12.0 Å². The average Bonchev–Trinajstić information content (AvgIpc) is 2.39. The molecule has 19 heavy (non-hydrogen) atoms. The third-order valence-corrected chi connectivity index (χ3v) is 4.61. The Morgan fingerprint density at radius 1 is 1.00 bits per heavy atom. The summed E-state index contributed by atoms with van der Waals surface area (Å²) in [6, 6.07) is 12.8. The number of hydrogen-bond donors (Lipinski definition) is 1. The molecule has 0 fully saturated rings. The Labute approximate surface area is 128 Å². The van der Waals surface area contributed by atoms with Gasteiger partial charge in [0.05, 0.1) is 6.04 Å². The fourth-order valence-electron chi connectivity index (χ4n) is 2.10. The minimum absolute atomic E-state index is 0.148. The number of benzene rings is 2. The summed E-state index contributed by atoms with van der Waals surface area (Å²) in [7, 11) is 1.96. The van der Waals surface area contributed by atoms with Crippen LogP contribution in [0.5, 0.6) is 0 Å². The molecule has 0 spiro atoms. The van der Waals surface area contributed by atoms with Crippen molar-refractivity contribution >= 4 is 27.5 Å². The molecule has 2 aromatic rings. The zero-order valence-corrected chi connectivity index (χ0v) is 13.6. The lowest BCUT2D eigenvalue weighted by Gasteiger charge is -2.19. The Balaban J connectivity index is 2.43. The highest BCUT2D eigenvalue weighted by Crippen LogP contribution is 2.28. The van der Waals surface area contributed by atoms with Gasteiger partial charge in [0.25, 0.3) is 0 Å². The molecule has 0 radical (unpaired) electrons. The van der Waals surface area contributed by atoms with Gasteiger partial charge in [0, 0.05) is 9.50 Å². The molecule has 0 heterocycles. The predicted octanol–water partition coefficient (Wildman–Crippen LogP) is 5.03. The molecule has 0 aliphatic heterocycles. The summed E-state index contributed by atoms with van der Waals surface area (Å²) in [4.78, 5) is 0. The largest absolute Gasteiger partial charge is 0.309 e. The van der Waals surface area contributed by atoms with Crippen molar-refractivity contribution in [2.75, 3.05) is 7.05 Å². The predicted molar refractivity (Wildman–Crippen MR) is 86.0 cm³/mol. The third kappa shape index (κ3) is 3.19. The highest BCUT2D eigenvalue weighted by atomic mass is 79.9. The van der Waals surface area contributed by atoms with Gasteiger partial charge in [-0.25, -0.2) is 0 Å². The molecule has 0 aromatic heterocycles. The summed E-state index contributed by atoms with van der Waals surface area (Å²) in [6.45, 7) is 4.11. The van der Waals surface area contributed by atoms with Gasteiger partial charge >= 0.3 is 0 Å². The summed E-state index contributed by atoms with van der Waals surface area (Å²) >= 11 is 9.81. The van der Waals surface area contributed by atoms with Gasteiger partial charge in [-0.1, -0.05) is 51.8 Å². The van der Waals surface area contributed by atoms with Crippen LogP contribution in [0.15, 0.2) is 40.9 Å². The maximum atomic E-state index is 6.22. The summed E-state index contributed by atoms with van der Waals surface area (Å²) in [5.74, 6) is 0.